The molecule has 0 saturated carbocycles. The summed E-state index contributed by atoms with van der Waals surface area (Å²) in [5.74, 6) is -0.00213. The number of benzene rings is 1. The van der Waals surface area contributed by atoms with Gasteiger partial charge in [-0.1, -0.05) is 24.3 Å². The Morgan fingerprint density at radius 3 is 3.00 bits per heavy atom. The Morgan fingerprint density at radius 2 is 2.19 bits per heavy atom. The molecule has 1 aromatic rings. The summed E-state index contributed by atoms with van der Waals surface area (Å²) < 4.78 is 5.71. The van der Waals surface area contributed by atoms with E-state index >= 15 is 0 Å². The molecule has 3 atom stereocenters. The molecular weight excluding hydrogens is 288 g/mol. The van der Waals surface area contributed by atoms with Crippen molar-refractivity contribution in [3.05, 3.63) is 35.4 Å². The van der Waals surface area contributed by atoms with Crippen molar-refractivity contribution >= 4 is 18.3 Å². The lowest BCUT2D eigenvalue weighted by Gasteiger charge is -2.33. The van der Waals surface area contributed by atoms with E-state index in [9.17, 15) is 4.79 Å². The summed E-state index contributed by atoms with van der Waals surface area (Å²) in [6.45, 7) is 3.78. The molecule has 116 valence electrons. The lowest BCUT2D eigenvalue weighted by atomic mass is 9.95. The van der Waals surface area contributed by atoms with Crippen LogP contribution >= 0.6 is 12.4 Å². The molecule has 1 saturated heterocycles. The molecule has 1 aromatic carbocycles. The Bertz CT molecular complexity index is 495. The minimum Gasteiger partial charge on any atom is -0.363 e. The van der Waals surface area contributed by atoms with E-state index in [1.54, 1.807) is 0 Å². The molecule has 5 heteroatoms. The smallest absolute Gasteiger partial charge is 0.254 e. The standard InChI is InChI=1S/C16H22N2O2.ClH/c1-11-14(7-4-9-17-11)18-16(19)15-13-6-3-2-5-12(13)8-10-20-15;/h2-3,5-6,11,14-15,17H,4,7-10H2,1H3,(H,18,19);1H. The number of carbonyl (C=O) groups excluding carboxylic acids is 1. The van der Waals surface area contributed by atoms with E-state index in [0.717, 1.165) is 31.4 Å². The Hall–Kier alpha value is -1.10. The first-order valence-corrected chi connectivity index (χ1v) is 7.49. The van der Waals surface area contributed by atoms with Gasteiger partial charge in [-0.15, -0.1) is 12.4 Å². The molecule has 0 radical (unpaired) electrons. The van der Waals surface area contributed by atoms with Gasteiger partial charge in [-0.25, -0.2) is 0 Å². The fourth-order valence-corrected chi connectivity index (χ4v) is 3.11. The molecule has 3 rings (SSSR count). The van der Waals surface area contributed by atoms with Crippen LogP contribution in [0.3, 0.4) is 0 Å². The van der Waals surface area contributed by atoms with Gasteiger partial charge in [0.1, 0.15) is 0 Å². The number of carbonyl (C=O) groups is 1. The Kier molecular flexibility index (Phi) is 5.62. The Labute approximate surface area is 132 Å². The van der Waals surface area contributed by atoms with E-state index in [1.807, 2.05) is 18.2 Å². The SMILES string of the molecule is CC1NCCCC1NC(=O)C1OCCc2ccccc21.Cl. The molecule has 2 aliphatic rings. The quantitative estimate of drug-likeness (QED) is 0.878. The monoisotopic (exact) mass is 310 g/mol. The van der Waals surface area contributed by atoms with Crippen molar-refractivity contribution in [3.8, 4) is 0 Å². The zero-order valence-electron chi connectivity index (χ0n) is 12.3. The van der Waals surface area contributed by atoms with Crippen LogP contribution in [0.2, 0.25) is 0 Å². The van der Waals surface area contributed by atoms with Gasteiger partial charge in [0.2, 0.25) is 0 Å². The minimum atomic E-state index is -0.450. The number of piperidine rings is 1. The van der Waals surface area contributed by atoms with Gasteiger partial charge in [-0.05, 0) is 43.9 Å². The molecule has 0 bridgehead atoms. The fourth-order valence-electron chi connectivity index (χ4n) is 3.11. The highest BCUT2D eigenvalue weighted by Gasteiger charge is 2.30. The molecule has 3 unspecified atom stereocenters. The summed E-state index contributed by atoms with van der Waals surface area (Å²) in [6.07, 6.45) is 2.58. The molecule has 0 aromatic heterocycles. The van der Waals surface area contributed by atoms with Crippen molar-refractivity contribution in [2.24, 2.45) is 0 Å². The van der Waals surface area contributed by atoms with Gasteiger partial charge in [-0.2, -0.15) is 0 Å². The number of ether oxygens (including phenoxy) is 1. The van der Waals surface area contributed by atoms with Gasteiger partial charge < -0.3 is 15.4 Å². The summed E-state index contributed by atoms with van der Waals surface area (Å²) in [5, 5.41) is 6.56. The second-order valence-electron chi connectivity index (χ2n) is 5.70. The topological polar surface area (TPSA) is 50.4 Å². The second-order valence-corrected chi connectivity index (χ2v) is 5.70. The molecule has 2 heterocycles. The third kappa shape index (κ3) is 3.57. The summed E-state index contributed by atoms with van der Waals surface area (Å²) in [5.41, 5.74) is 2.25. The average molecular weight is 311 g/mol. The first-order valence-electron chi connectivity index (χ1n) is 7.49. The van der Waals surface area contributed by atoms with E-state index in [1.165, 1.54) is 5.56 Å². The van der Waals surface area contributed by atoms with Crippen molar-refractivity contribution in [3.63, 3.8) is 0 Å². The summed E-state index contributed by atoms with van der Waals surface area (Å²) in [6, 6.07) is 8.61. The highest BCUT2D eigenvalue weighted by molar-refractivity contribution is 5.85. The summed E-state index contributed by atoms with van der Waals surface area (Å²) >= 11 is 0. The second kappa shape index (κ2) is 7.25. The lowest BCUT2D eigenvalue weighted by molar-refractivity contribution is -0.135. The maximum absolute atomic E-state index is 12.5. The number of hydrogen-bond donors (Lipinski definition) is 2. The highest BCUT2D eigenvalue weighted by atomic mass is 35.5. The first kappa shape index (κ1) is 16.3. The number of hydrogen-bond acceptors (Lipinski definition) is 3. The predicted octanol–water partition coefficient (Wildman–Crippen LogP) is 1.98. The third-order valence-electron chi connectivity index (χ3n) is 4.32. The van der Waals surface area contributed by atoms with E-state index in [-0.39, 0.29) is 24.4 Å². The number of fused-ring (bicyclic) bond motifs is 1. The number of rotatable bonds is 2. The minimum absolute atomic E-state index is 0. The Morgan fingerprint density at radius 1 is 1.38 bits per heavy atom. The molecule has 21 heavy (non-hydrogen) atoms. The molecule has 1 fully saturated rings. The van der Waals surface area contributed by atoms with Crippen LogP contribution in [0.15, 0.2) is 24.3 Å². The third-order valence-corrected chi connectivity index (χ3v) is 4.32. The molecule has 0 aliphatic carbocycles. The first-order chi connectivity index (χ1) is 9.75. The summed E-state index contributed by atoms with van der Waals surface area (Å²) in [4.78, 5) is 12.5. The Balaban J connectivity index is 0.00000161. The van der Waals surface area contributed by atoms with Gasteiger partial charge in [0.05, 0.1) is 6.61 Å². The van der Waals surface area contributed by atoms with Crippen LogP contribution in [0.25, 0.3) is 0 Å². The van der Waals surface area contributed by atoms with Crippen LogP contribution in [-0.4, -0.2) is 31.1 Å². The normalized spacial score (nSPS) is 28.1. The molecule has 2 aliphatic heterocycles. The van der Waals surface area contributed by atoms with Crippen LogP contribution in [0.1, 0.15) is 37.0 Å². The predicted molar refractivity (Wildman–Crippen MR) is 84.7 cm³/mol. The van der Waals surface area contributed by atoms with Crippen LogP contribution < -0.4 is 10.6 Å². The van der Waals surface area contributed by atoms with E-state index in [2.05, 4.69) is 23.6 Å². The number of halogens is 1. The molecular formula is C16H23ClN2O2. The zero-order valence-corrected chi connectivity index (χ0v) is 13.1. The summed E-state index contributed by atoms with van der Waals surface area (Å²) in [7, 11) is 0. The van der Waals surface area contributed by atoms with Crippen molar-refractivity contribution in [2.75, 3.05) is 13.2 Å². The molecule has 1 amide bonds. The van der Waals surface area contributed by atoms with Crippen molar-refractivity contribution in [1.29, 1.82) is 0 Å². The number of nitrogens with one attached hydrogen (secondary N) is 2. The molecule has 4 nitrogen and oxygen atoms in total. The number of amides is 1. The molecule has 0 spiro atoms. The van der Waals surface area contributed by atoms with E-state index in [0.29, 0.717) is 12.6 Å². The average Bonchev–Trinajstić information content (AvgIpc) is 2.49. The maximum atomic E-state index is 12.5. The van der Waals surface area contributed by atoms with Crippen LogP contribution in [0.4, 0.5) is 0 Å². The van der Waals surface area contributed by atoms with Crippen molar-refractivity contribution < 1.29 is 9.53 Å². The van der Waals surface area contributed by atoms with Crippen molar-refractivity contribution in [1.82, 2.24) is 10.6 Å². The van der Waals surface area contributed by atoms with Crippen molar-refractivity contribution in [2.45, 2.75) is 44.4 Å². The maximum Gasteiger partial charge on any atom is 0.254 e. The van der Waals surface area contributed by atoms with Gasteiger partial charge in [0, 0.05) is 12.1 Å². The fraction of sp³-hybridized carbons (Fsp3) is 0.562. The van der Waals surface area contributed by atoms with E-state index in [4.69, 9.17) is 4.74 Å². The van der Waals surface area contributed by atoms with Gasteiger partial charge in [0.25, 0.3) is 5.91 Å². The van der Waals surface area contributed by atoms with E-state index < -0.39 is 6.10 Å². The lowest BCUT2D eigenvalue weighted by Crippen LogP contribution is -2.53. The van der Waals surface area contributed by atoms with Gasteiger partial charge in [0.15, 0.2) is 6.10 Å². The highest BCUT2D eigenvalue weighted by Crippen LogP contribution is 2.27. The zero-order chi connectivity index (χ0) is 13.9. The largest absolute Gasteiger partial charge is 0.363 e. The van der Waals surface area contributed by atoms with Gasteiger partial charge in [-0.3, -0.25) is 4.79 Å². The van der Waals surface area contributed by atoms with Crippen LogP contribution in [0.5, 0.6) is 0 Å². The molecule has 2 N–H and O–H groups in total. The van der Waals surface area contributed by atoms with Gasteiger partial charge >= 0.3 is 0 Å². The van der Waals surface area contributed by atoms with Crippen LogP contribution in [0, 0.1) is 0 Å². The van der Waals surface area contributed by atoms with Crippen LogP contribution in [-0.2, 0) is 16.0 Å².